The van der Waals surface area contributed by atoms with Gasteiger partial charge in [-0.1, -0.05) is 23.2 Å². The predicted molar refractivity (Wildman–Crippen MR) is 65.1 cm³/mol. The molecule has 0 saturated heterocycles. The Labute approximate surface area is 102 Å². The molecular formula is C10H10Cl2N2S. The van der Waals surface area contributed by atoms with E-state index in [1.165, 1.54) is 11.3 Å². The van der Waals surface area contributed by atoms with Crippen LogP contribution in [0.4, 0.5) is 0 Å². The predicted octanol–water partition coefficient (Wildman–Crippen LogP) is 3.92. The number of imidazole rings is 1. The summed E-state index contributed by atoms with van der Waals surface area (Å²) in [6.45, 7) is 4.75. The fourth-order valence-electron chi connectivity index (χ4n) is 1.47. The van der Waals surface area contributed by atoms with Gasteiger partial charge in [0.25, 0.3) is 0 Å². The van der Waals surface area contributed by atoms with E-state index in [4.69, 9.17) is 23.2 Å². The lowest BCUT2D eigenvalue weighted by Gasteiger charge is -2.06. The van der Waals surface area contributed by atoms with Crippen LogP contribution in [0.5, 0.6) is 0 Å². The van der Waals surface area contributed by atoms with Gasteiger partial charge in [0.05, 0.1) is 15.2 Å². The first-order chi connectivity index (χ1) is 7.08. The van der Waals surface area contributed by atoms with E-state index in [1.54, 1.807) is 0 Å². The van der Waals surface area contributed by atoms with Gasteiger partial charge in [-0.3, -0.25) is 0 Å². The number of halogens is 2. The zero-order chi connectivity index (χ0) is 11.0. The van der Waals surface area contributed by atoms with Crippen LogP contribution in [0.15, 0.2) is 12.3 Å². The molecule has 2 heterocycles. The minimum atomic E-state index is 0.727. The molecule has 2 nitrogen and oxygen atoms in total. The van der Waals surface area contributed by atoms with Gasteiger partial charge in [0.15, 0.2) is 0 Å². The highest BCUT2D eigenvalue weighted by molar-refractivity contribution is 7.20. The molecule has 15 heavy (non-hydrogen) atoms. The van der Waals surface area contributed by atoms with E-state index in [9.17, 15) is 0 Å². The van der Waals surface area contributed by atoms with Crippen molar-refractivity contribution in [2.75, 3.05) is 0 Å². The zero-order valence-electron chi connectivity index (χ0n) is 8.42. The summed E-state index contributed by atoms with van der Waals surface area (Å²) in [5.41, 5.74) is 2.18. The maximum absolute atomic E-state index is 6.07. The van der Waals surface area contributed by atoms with Crippen LogP contribution >= 0.6 is 34.5 Å². The molecule has 0 radical (unpaired) electrons. The van der Waals surface area contributed by atoms with E-state index in [-0.39, 0.29) is 0 Å². The molecule has 5 heteroatoms. The first-order valence-electron chi connectivity index (χ1n) is 4.50. The van der Waals surface area contributed by atoms with Crippen LogP contribution in [0, 0.1) is 13.8 Å². The Hall–Kier alpha value is -0.510. The molecule has 2 aromatic heterocycles. The summed E-state index contributed by atoms with van der Waals surface area (Å²) in [6, 6.07) is 1.91. The van der Waals surface area contributed by atoms with Gasteiger partial charge in [-0.25, -0.2) is 4.98 Å². The lowest BCUT2D eigenvalue weighted by atomic mass is 10.3. The maximum atomic E-state index is 6.07. The number of hydrogen-bond acceptors (Lipinski definition) is 2. The summed E-state index contributed by atoms with van der Waals surface area (Å²) in [6.07, 6.45) is 1.86. The average molecular weight is 261 g/mol. The molecule has 0 fully saturated rings. The summed E-state index contributed by atoms with van der Waals surface area (Å²) in [7, 11) is 0. The molecule has 2 rings (SSSR count). The first-order valence-corrected chi connectivity index (χ1v) is 6.07. The SMILES string of the molecule is Cc1cnc(C)n1Cc1cc(Cl)sc1Cl. The lowest BCUT2D eigenvalue weighted by Crippen LogP contribution is -2.03. The molecule has 0 aliphatic carbocycles. The Balaban J connectivity index is 2.33. The molecule has 0 amide bonds. The second kappa shape index (κ2) is 4.16. The van der Waals surface area contributed by atoms with Crippen molar-refractivity contribution < 1.29 is 0 Å². The zero-order valence-corrected chi connectivity index (χ0v) is 10.7. The standard InChI is InChI=1S/C10H10Cl2N2S/c1-6-4-13-7(2)14(6)5-8-3-9(11)15-10(8)12/h3-4H,5H2,1-2H3. The van der Waals surface area contributed by atoms with E-state index in [0.717, 1.165) is 32.3 Å². The Morgan fingerprint density at radius 2 is 2.13 bits per heavy atom. The maximum Gasteiger partial charge on any atom is 0.106 e. The van der Waals surface area contributed by atoms with E-state index in [1.807, 2.05) is 26.1 Å². The smallest absolute Gasteiger partial charge is 0.106 e. The Bertz CT molecular complexity index is 468. The second-order valence-corrected chi connectivity index (χ2v) is 5.67. The van der Waals surface area contributed by atoms with Crippen LogP contribution in [0.1, 0.15) is 17.1 Å². The Morgan fingerprint density at radius 1 is 1.40 bits per heavy atom. The average Bonchev–Trinajstić information content (AvgIpc) is 2.63. The monoisotopic (exact) mass is 260 g/mol. The Kier molecular flexibility index (Phi) is 3.05. The molecule has 0 aromatic carbocycles. The molecule has 0 aliphatic rings. The van der Waals surface area contributed by atoms with E-state index in [0.29, 0.717) is 0 Å². The van der Waals surface area contributed by atoms with Crippen molar-refractivity contribution in [3.8, 4) is 0 Å². The van der Waals surface area contributed by atoms with Crippen LogP contribution in [0.3, 0.4) is 0 Å². The van der Waals surface area contributed by atoms with Crippen molar-refractivity contribution in [2.45, 2.75) is 20.4 Å². The van der Waals surface area contributed by atoms with Crippen molar-refractivity contribution >= 4 is 34.5 Å². The largest absolute Gasteiger partial charge is 0.328 e. The van der Waals surface area contributed by atoms with E-state index < -0.39 is 0 Å². The Morgan fingerprint density at radius 3 is 2.60 bits per heavy atom. The van der Waals surface area contributed by atoms with Crippen LogP contribution in [0.2, 0.25) is 8.67 Å². The summed E-state index contributed by atoms with van der Waals surface area (Å²) >= 11 is 13.4. The highest BCUT2D eigenvalue weighted by atomic mass is 35.5. The van der Waals surface area contributed by atoms with E-state index in [2.05, 4.69) is 9.55 Å². The number of hydrogen-bond donors (Lipinski definition) is 0. The quantitative estimate of drug-likeness (QED) is 0.801. The number of aromatic nitrogens is 2. The third-order valence-electron chi connectivity index (χ3n) is 2.31. The molecule has 0 spiro atoms. The molecule has 2 aromatic rings. The van der Waals surface area contributed by atoms with Crippen molar-refractivity contribution in [2.24, 2.45) is 0 Å². The number of rotatable bonds is 2. The van der Waals surface area contributed by atoms with E-state index >= 15 is 0 Å². The first kappa shape index (κ1) is 11.0. The minimum Gasteiger partial charge on any atom is -0.328 e. The van der Waals surface area contributed by atoms with Crippen LogP contribution in [-0.2, 0) is 6.54 Å². The summed E-state index contributed by atoms with van der Waals surface area (Å²) < 4.78 is 3.60. The van der Waals surface area contributed by atoms with Gasteiger partial charge < -0.3 is 4.57 Å². The van der Waals surface area contributed by atoms with Crippen molar-refractivity contribution in [3.05, 3.63) is 38.0 Å². The fourth-order valence-corrected chi connectivity index (χ4v) is 2.95. The molecule has 0 unspecified atom stereocenters. The van der Waals surface area contributed by atoms with Gasteiger partial charge in [0.2, 0.25) is 0 Å². The number of nitrogens with zero attached hydrogens (tertiary/aromatic N) is 2. The molecule has 80 valence electrons. The molecule has 0 aliphatic heterocycles. The van der Waals surface area contributed by atoms with Crippen molar-refractivity contribution in [1.29, 1.82) is 0 Å². The van der Waals surface area contributed by atoms with Gasteiger partial charge in [0, 0.05) is 17.5 Å². The van der Waals surface area contributed by atoms with Crippen LogP contribution < -0.4 is 0 Å². The summed E-state index contributed by atoms with van der Waals surface area (Å²) in [4.78, 5) is 4.24. The highest BCUT2D eigenvalue weighted by Crippen LogP contribution is 2.31. The van der Waals surface area contributed by atoms with Gasteiger partial charge >= 0.3 is 0 Å². The van der Waals surface area contributed by atoms with Crippen molar-refractivity contribution in [1.82, 2.24) is 9.55 Å². The third kappa shape index (κ3) is 2.19. The topological polar surface area (TPSA) is 17.8 Å². The fraction of sp³-hybridized carbons (Fsp3) is 0.300. The number of aryl methyl sites for hydroxylation is 2. The van der Waals surface area contributed by atoms with Gasteiger partial charge in [0.1, 0.15) is 5.82 Å². The lowest BCUT2D eigenvalue weighted by molar-refractivity contribution is 0.740. The van der Waals surface area contributed by atoms with Gasteiger partial charge in [-0.15, -0.1) is 11.3 Å². The molecule has 0 saturated carbocycles. The summed E-state index contributed by atoms with van der Waals surface area (Å²) in [5, 5.41) is 0. The number of thiophene rings is 1. The molecule has 0 bridgehead atoms. The van der Waals surface area contributed by atoms with Crippen molar-refractivity contribution in [3.63, 3.8) is 0 Å². The summed E-state index contributed by atoms with van der Waals surface area (Å²) in [5.74, 6) is 0.992. The molecule has 0 atom stereocenters. The highest BCUT2D eigenvalue weighted by Gasteiger charge is 2.09. The van der Waals surface area contributed by atoms with Crippen LogP contribution in [0.25, 0.3) is 0 Å². The molecular weight excluding hydrogens is 251 g/mol. The van der Waals surface area contributed by atoms with Crippen LogP contribution in [-0.4, -0.2) is 9.55 Å². The normalized spacial score (nSPS) is 10.9. The van der Waals surface area contributed by atoms with Gasteiger partial charge in [-0.05, 0) is 19.9 Å². The van der Waals surface area contributed by atoms with Gasteiger partial charge in [-0.2, -0.15) is 0 Å². The second-order valence-electron chi connectivity index (χ2n) is 3.38. The molecule has 0 N–H and O–H groups in total. The minimum absolute atomic E-state index is 0.727. The third-order valence-corrected chi connectivity index (χ3v) is 3.88.